The molecular formula is C19H15N3O2. The highest BCUT2D eigenvalue weighted by atomic mass is 16.2. The molecule has 0 spiro atoms. The largest absolute Gasteiger partial charge is 0.322 e. The van der Waals surface area contributed by atoms with E-state index in [1.54, 1.807) is 24.3 Å². The van der Waals surface area contributed by atoms with E-state index < -0.39 is 0 Å². The van der Waals surface area contributed by atoms with Gasteiger partial charge >= 0.3 is 0 Å². The fourth-order valence-corrected chi connectivity index (χ4v) is 3.48. The molecule has 2 aliphatic heterocycles. The average molecular weight is 317 g/mol. The molecule has 2 aliphatic rings. The average Bonchev–Trinajstić information content (AvgIpc) is 2.92. The normalized spacial score (nSPS) is 15.0. The molecule has 2 amide bonds. The van der Waals surface area contributed by atoms with Crippen LogP contribution in [0.3, 0.4) is 0 Å². The number of nitrogens with zero attached hydrogens (tertiary/aromatic N) is 2. The summed E-state index contributed by atoms with van der Waals surface area (Å²) < 4.78 is 0. The summed E-state index contributed by atoms with van der Waals surface area (Å²) in [6.45, 7) is 0.769. The fourth-order valence-electron chi connectivity index (χ4n) is 3.48. The minimum absolute atomic E-state index is 0.116. The van der Waals surface area contributed by atoms with Gasteiger partial charge in [0.2, 0.25) is 5.91 Å². The maximum absolute atomic E-state index is 12.6. The van der Waals surface area contributed by atoms with Crippen LogP contribution in [0.2, 0.25) is 0 Å². The summed E-state index contributed by atoms with van der Waals surface area (Å²) in [7, 11) is 0. The number of aryl methyl sites for hydroxylation is 1. The number of benzene rings is 2. The summed E-state index contributed by atoms with van der Waals surface area (Å²) in [5, 5.41) is 11.8. The molecule has 1 N–H and O–H groups in total. The highest BCUT2D eigenvalue weighted by molar-refractivity contribution is 6.08. The van der Waals surface area contributed by atoms with E-state index in [0.29, 0.717) is 23.2 Å². The van der Waals surface area contributed by atoms with Crippen molar-refractivity contribution in [1.29, 1.82) is 5.26 Å². The number of anilines is 2. The minimum atomic E-state index is -0.222. The van der Waals surface area contributed by atoms with Crippen LogP contribution >= 0.6 is 0 Å². The van der Waals surface area contributed by atoms with Crippen molar-refractivity contribution in [3.63, 3.8) is 0 Å². The molecule has 0 saturated carbocycles. The van der Waals surface area contributed by atoms with Crippen LogP contribution in [-0.4, -0.2) is 18.4 Å². The van der Waals surface area contributed by atoms with Crippen molar-refractivity contribution in [3.05, 3.63) is 58.7 Å². The van der Waals surface area contributed by atoms with Gasteiger partial charge in [0.1, 0.15) is 0 Å². The van der Waals surface area contributed by atoms with Crippen molar-refractivity contribution < 1.29 is 9.59 Å². The van der Waals surface area contributed by atoms with Gasteiger partial charge in [-0.15, -0.1) is 0 Å². The van der Waals surface area contributed by atoms with Gasteiger partial charge in [-0.25, -0.2) is 0 Å². The monoisotopic (exact) mass is 317 g/mol. The molecule has 0 atom stereocenters. The van der Waals surface area contributed by atoms with Gasteiger partial charge in [-0.3, -0.25) is 9.59 Å². The van der Waals surface area contributed by atoms with Gasteiger partial charge in [-0.1, -0.05) is 6.07 Å². The van der Waals surface area contributed by atoms with E-state index in [1.165, 1.54) is 0 Å². The van der Waals surface area contributed by atoms with Gasteiger partial charge in [0, 0.05) is 17.8 Å². The third kappa shape index (κ3) is 2.33. The Kier molecular flexibility index (Phi) is 3.31. The standard InChI is InChI=1S/C19H15N3O2/c20-11-12-3-1-5-16(7-12)21-19(24)15-8-13-4-2-6-22-17(23)10-14(9-15)18(13)22/h1,3,5,7-9H,2,4,6,10H2,(H,21,24). The molecule has 0 unspecified atom stereocenters. The predicted molar refractivity (Wildman–Crippen MR) is 89.9 cm³/mol. The molecule has 4 rings (SSSR count). The Balaban J connectivity index is 1.66. The first-order chi connectivity index (χ1) is 11.7. The van der Waals surface area contributed by atoms with E-state index in [-0.39, 0.29) is 11.8 Å². The molecule has 5 heteroatoms. The molecule has 2 aromatic rings. The number of hydrogen-bond donors (Lipinski definition) is 1. The van der Waals surface area contributed by atoms with Gasteiger partial charge in [-0.2, -0.15) is 5.26 Å². The Morgan fingerprint density at radius 3 is 2.88 bits per heavy atom. The van der Waals surface area contributed by atoms with Crippen molar-refractivity contribution in [1.82, 2.24) is 0 Å². The van der Waals surface area contributed by atoms with Crippen LogP contribution in [0, 0.1) is 11.3 Å². The Morgan fingerprint density at radius 1 is 1.21 bits per heavy atom. The van der Waals surface area contributed by atoms with Crippen LogP contribution in [-0.2, 0) is 17.6 Å². The first-order valence-corrected chi connectivity index (χ1v) is 7.93. The summed E-state index contributed by atoms with van der Waals surface area (Å²) in [6.07, 6.45) is 2.18. The highest BCUT2D eigenvalue weighted by Crippen LogP contribution is 2.37. The zero-order chi connectivity index (χ0) is 16.7. The van der Waals surface area contributed by atoms with E-state index >= 15 is 0 Å². The topological polar surface area (TPSA) is 73.2 Å². The Hall–Kier alpha value is -3.13. The van der Waals surface area contributed by atoms with Gasteiger partial charge in [0.15, 0.2) is 0 Å². The molecule has 0 fully saturated rings. The molecule has 2 heterocycles. The number of carbonyl (C=O) groups excluding carboxylic acids is 2. The molecule has 0 saturated heterocycles. The van der Waals surface area contributed by atoms with Crippen LogP contribution in [0.4, 0.5) is 11.4 Å². The van der Waals surface area contributed by atoms with Gasteiger partial charge in [-0.05, 0) is 54.3 Å². The van der Waals surface area contributed by atoms with Gasteiger partial charge < -0.3 is 10.2 Å². The van der Waals surface area contributed by atoms with Crippen molar-refractivity contribution in [2.45, 2.75) is 19.3 Å². The van der Waals surface area contributed by atoms with E-state index in [1.807, 2.05) is 17.0 Å². The molecule has 5 nitrogen and oxygen atoms in total. The third-order valence-corrected chi connectivity index (χ3v) is 4.52. The van der Waals surface area contributed by atoms with Crippen molar-refractivity contribution in [3.8, 4) is 6.07 Å². The van der Waals surface area contributed by atoms with E-state index in [4.69, 9.17) is 5.26 Å². The highest BCUT2D eigenvalue weighted by Gasteiger charge is 2.32. The lowest BCUT2D eigenvalue weighted by atomic mass is 9.96. The number of amides is 2. The van der Waals surface area contributed by atoms with Crippen molar-refractivity contribution >= 4 is 23.2 Å². The number of carbonyl (C=O) groups is 2. The number of nitriles is 1. The third-order valence-electron chi connectivity index (χ3n) is 4.52. The Labute approximate surface area is 139 Å². The molecule has 24 heavy (non-hydrogen) atoms. The van der Waals surface area contributed by atoms with Gasteiger partial charge in [0.25, 0.3) is 5.91 Å². The zero-order valence-corrected chi connectivity index (χ0v) is 13.0. The second-order valence-electron chi connectivity index (χ2n) is 6.12. The van der Waals surface area contributed by atoms with Crippen LogP contribution in [0.5, 0.6) is 0 Å². The van der Waals surface area contributed by atoms with E-state index in [2.05, 4.69) is 11.4 Å². The first kappa shape index (κ1) is 14.5. The molecule has 2 aromatic carbocycles. The predicted octanol–water partition coefficient (Wildman–Crippen LogP) is 2.65. The molecular weight excluding hydrogens is 302 g/mol. The molecule has 0 radical (unpaired) electrons. The van der Waals surface area contributed by atoms with Crippen LogP contribution in [0.15, 0.2) is 36.4 Å². The summed E-state index contributed by atoms with van der Waals surface area (Å²) in [4.78, 5) is 26.5. The van der Waals surface area contributed by atoms with Gasteiger partial charge in [0.05, 0.1) is 23.7 Å². The zero-order valence-electron chi connectivity index (χ0n) is 13.0. The summed E-state index contributed by atoms with van der Waals surface area (Å²) >= 11 is 0. The maximum atomic E-state index is 12.6. The van der Waals surface area contributed by atoms with Crippen molar-refractivity contribution in [2.24, 2.45) is 0 Å². The number of rotatable bonds is 2. The molecule has 0 aliphatic carbocycles. The van der Waals surface area contributed by atoms with Crippen LogP contribution < -0.4 is 10.2 Å². The quantitative estimate of drug-likeness (QED) is 0.925. The minimum Gasteiger partial charge on any atom is -0.322 e. The van der Waals surface area contributed by atoms with Crippen LogP contribution in [0.1, 0.15) is 33.5 Å². The Morgan fingerprint density at radius 2 is 2.04 bits per heavy atom. The summed E-state index contributed by atoms with van der Waals surface area (Å²) in [5.74, 6) is -0.106. The second kappa shape index (κ2) is 5.50. The molecule has 0 aromatic heterocycles. The fraction of sp³-hybridized carbons (Fsp3) is 0.211. The SMILES string of the molecule is N#Cc1cccc(NC(=O)c2cc3c4c(c2)CC(=O)N4CCC3)c1. The lowest BCUT2D eigenvalue weighted by molar-refractivity contribution is -0.117. The summed E-state index contributed by atoms with van der Waals surface area (Å²) in [6, 6.07) is 12.6. The lowest BCUT2D eigenvalue weighted by Gasteiger charge is -2.25. The van der Waals surface area contributed by atoms with Crippen molar-refractivity contribution in [2.75, 3.05) is 16.8 Å². The summed E-state index contributed by atoms with van der Waals surface area (Å²) in [5.41, 5.74) is 4.66. The number of hydrogen-bond acceptors (Lipinski definition) is 3. The Bertz CT molecular complexity index is 911. The van der Waals surface area contributed by atoms with E-state index in [9.17, 15) is 9.59 Å². The second-order valence-corrected chi connectivity index (χ2v) is 6.12. The van der Waals surface area contributed by atoms with Crippen LogP contribution in [0.25, 0.3) is 0 Å². The first-order valence-electron chi connectivity index (χ1n) is 7.93. The maximum Gasteiger partial charge on any atom is 0.255 e. The lowest BCUT2D eigenvalue weighted by Crippen LogP contribution is -2.31. The smallest absolute Gasteiger partial charge is 0.255 e. The number of nitrogens with one attached hydrogen (secondary N) is 1. The molecule has 118 valence electrons. The molecule has 0 bridgehead atoms. The van der Waals surface area contributed by atoms with E-state index in [0.717, 1.165) is 36.2 Å².